The Morgan fingerprint density at radius 1 is 1.47 bits per heavy atom. The number of aryl methyl sites for hydroxylation is 1. The molecule has 0 amide bonds. The van der Waals surface area contributed by atoms with E-state index in [9.17, 15) is 0 Å². The summed E-state index contributed by atoms with van der Waals surface area (Å²) in [6.45, 7) is 4.43. The zero-order valence-corrected chi connectivity index (χ0v) is 11.9. The Morgan fingerprint density at radius 3 is 3.11 bits per heavy atom. The number of fused-ring (bicyclic) bond motifs is 1. The first kappa shape index (κ1) is 12.7. The number of anilines is 2. The van der Waals surface area contributed by atoms with E-state index in [4.69, 9.17) is 10.5 Å². The molecule has 1 fully saturated rings. The van der Waals surface area contributed by atoms with Crippen molar-refractivity contribution in [3.05, 3.63) is 17.1 Å². The van der Waals surface area contributed by atoms with Gasteiger partial charge in [0.15, 0.2) is 0 Å². The van der Waals surface area contributed by atoms with Crippen LogP contribution in [-0.2, 0) is 4.74 Å². The van der Waals surface area contributed by atoms with Crippen LogP contribution in [0.5, 0.6) is 0 Å². The Hall–Kier alpha value is -1.33. The van der Waals surface area contributed by atoms with Crippen molar-refractivity contribution >= 4 is 32.9 Å². The van der Waals surface area contributed by atoms with Crippen molar-refractivity contribution in [2.75, 3.05) is 30.8 Å². The van der Waals surface area contributed by atoms with Crippen molar-refractivity contribution in [1.29, 1.82) is 0 Å². The average Bonchev–Trinajstić information content (AvgIpc) is 3.11. The molecule has 0 spiro atoms. The second-order valence-corrected chi connectivity index (χ2v) is 6.32. The fourth-order valence-corrected chi connectivity index (χ4v) is 2.91. The van der Waals surface area contributed by atoms with Crippen LogP contribution < -0.4 is 11.1 Å². The van der Waals surface area contributed by atoms with Gasteiger partial charge in [0, 0.05) is 13.2 Å². The predicted octanol–water partition coefficient (Wildman–Crippen LogP) is 3.03. The number of nitrogens with two attached hydrogens (primary N) is 1. The molecule has 5 heteroatoms. The van der Waals surface area contributed by atoms with E-state index < -0.39 is 0 Å². The van der Waals surface area contributed by atoms with Crippen LogP contribution in [0.15, 0.2) is 12.1 Å². The molecular formula is C14H19N3OS. The highest BCUT2D eigenvalue weighted by Crippen LogP contribution is 2.30. The number of thiazole rings is 1. The minimum Gasteiger partial charge on any atom is -0.397 e. The first-order valence-electron chi connectivity index (χ1n) is 6.70. The van der Waals surface area contributed by atoms with Crippen LogP contribution in [0.3, 0.4) is 0 Å². The first-order chi connectivity index (χ1) is 9.22. The van der Waals surface area contributed by atoms with Crippen molar-refractivity contribution in [3.8, 4) is 0 Å². The van der Waals surface area contributed by atoms with E-state index in [0.717, 1.165) is 52.3 Å². The van der Waals surface area contributed by atoms with Gasteiger partial charge in [-0.25, -0.2) is 4.98 Å². The Bertz CT molecular complexity index is 577. The van der Waals surface area contributed by atoms with E-state index in [1.54, 1.807) is 11.3 Å². The highest BCUT2D eigenvalue weighted by atomic mass is 32.1. The van der Waals surface area contributed by atoms with Gasteiger partial charge in [-0.3, -0.25) is 0 Å². The quantitative estimate of drug-likeness (QED) is 0.629. The minimum absolute atomic E-state index is 0.726. The lowest BCUT2D eigenvalue weighted by molar-refractivity contribution is 0.134. The highest BCUT2D eigenvalue weighted by Gasteiger charge is 2.20. The van der Waals surface area contributed by atoms with Crippen LogP contribution in [0.2, 0.25) is 0 Å². The van der Waals surface area contributed by atoms with Gasteiger partial charge in [-0.15, -0.1) is 11.3 Å². The van der Waals surface area contributed by atoms with Gasteiger partial charge in [-0.05, 0) is 37.8 Å². The second-order valence-electron chi connectivity index (χ2n) is 5.09. The molecule has 0 unspecified atom stereocenters. The second kappa shape index (κ2) is 5.35. The van der Waals surface area contributed by atoms with Crippen LogP contribution in [0.25, 0.3) is 10.2 Å². The number of nitrogen functional groups attached to an aromatic ring is 1. The summed E-state index contributed by atoms with van der Waals surface area (Å²) in [5.41, 5.74) is 8.78. The van der Waals surface area contributed by atoms with Gasteiger partial charge in [0.2, 0.25) is 0 Å². The summed E-state index contributed by atoms with van der Waals surface area (Å²) in [5, 5.41) is 4.39. The molecule has 1 aliphatic rings. The fourth-order valence-electron chi connectivity index (χ4n) is 2.05. The maximum Gasteiger partial charge on any atom is 0.0907 e. The molecule has 19 heavy (non-hydrogen) atoms. The van der Waals surface area contributed by atoms with Gasteiger partial charge in [0.05, 0.1) is 33.2 Å². The van der Waals surface area contributed by atoms with Crippen LogP contribution in [-0.4, -0.2) is 24.7 Å². The fraction of sp³-hybridized carbons (Fsp3) is 0.500. The van der Waals surface area contributed by atoms with Crippen LogP contribution in [0.1, 0.15) is 17.8 Å². The van der Waals surface area contributed by atoms with Gasteiger partial charge in [-0.2, -0.15) is 0 Å². The number of hydrogen-bond acceptors (Lipinski definition) is 5. The summed E-state index contributed by atoms with van der Waals surface area (Å²) >= 11 is 1.67. The Labute approximate surface area is 117 Å². The summed E-state index contributed by atoms with van der Waals surface area (Å²) in [7, 11) is 0. The zero-order valence-electron chi connectivity index (χ0n) is 11.1. The SMILES string of the molecule is Cc1nc2cc(NCCOCC3CC3)c(N)cc2s1. The van der Waals surface area contributed by atoms with Gasteiger partial charge >= 0.3 is 0 Å². The molecule has 0 atom stereocenters. The van der Waals surface area contributed by atoms with Crippen LogP contribution in [0, 0.1) is 12.8 Å². The normalized spacial score (nSPS) is 15.0. The maximum absolute atomic E-state index is 6.04. The topological polar surface area (TPSA) is 60.2 Å². The third-order valence-electron chi connectivity index (χ3n) is 3.28. The number of nitrogens with zero attached hydrogens (tertiary/aromatic N) is 1. The molecule has 0 saturated heterocycles. The van der Waals surface area contributed by atoms with Crippen molar-refractivity contribution in [1.82, 2.24) is 4.98 Å². The zero-order chi connectivity index (χ0) is 13.2. The van der Waals surface area contributed by atoms with Crippen molar-refractivity contribution < 1.29 is 4.74 Å². The van der Waals surface area contributed by atoms with Gasteiger partial charge in [0.25, 0.3) is 0 Å². The van der Waals surface area contributed by atoms with E-state index in [1.807, 2.05) is 19.1 Å². The van der Waals surface area contributed by atoms with E-state index in [0.29, 0.717) is 0 Å². The Balaban J connectivity index is 1.57. The standard InChI is InChI=1S/C14H19N3OS/c1-9-17-13-7-12(11(15)6-14(13)19-9)16-4-5-18-8-10-2-3-10/h6-7,10,16H,2-5,8,15H2,1H3. The molecule has 2 aromatic rings. The van der Waals surface area contributed by atoms with Crippen molar-refractivity contribution in [2.45, 2.75) is 19.8 Å². The van der Waals surface area contributed by atoms with Gasteiger partial charge in [0.1, 0.15) is 0 Å². The number of rotatable bonds is 6. The summed E-state index contributed by atoms with van der Waals surface area (Å²) in [4.78, 5) is 4.48. The van der Waals surface area contributed by atoms with Crippen molar-refractivity contribution in [3.63, 3.8) is 0 Å². The molecule has 1 aromatic carbocycles. The maximum atomic E-state index is 6.04. The molecule has 1 saturated carbocycles. The van der Waals surface area contributed by atoms with Gasteiger partial charge in [-0.1, -0.05) is 0 Å². The molecule has 0 bridgehead atoms. The van der Waals surface area contributed by atoms with Crippen LogP contribution in [0.4, 0.5) is 11.4 Å². The summed E-state index contributed by atoms with van der Waals surface area (Å²) < 4.78 is 6.74. The molecule has 3 N–H and O–H groups in total. The average molecular weight is 277 g/mol. The smallest absolute Gasteiger partial charge is 0.0907 e. The minimum atomic E-state index is 0.726. The third-order valence-corrected chi connectivity index (χ3v) is 4.21. The third kappa shape index (κ3) is 3.16. The predicted molar refractivity (Wildman–Crippen MR) is 80.8 cm³/mol. The van der Waals surface area contributed by atoms with E-state index in [1.165, 1.54) is 12.8 Å². The number of aromatic nitrogens is 1. The van der Waals surface area contributed by atoms with Crippen LogP contribution >= 0.6 is 11.3 Å². The number of hydrogen-bond donors (Lipinski definition) is 2. The highest BCUT2D eigenvalue weighted by molar-refractivity contribution is 7.18. The summed E-state index contributed by atoms with van der Waals surface area (Å²) in [6, 6.07) is 4.02. The lowest BCUT2D eigenvalue weighted by Crippen LogP contribution is -2.11. The van der Waals surface area contributed by atoms with E-state index >= 15 is 0 Å². The number of ether oxygens (including phenoxy) is 1. The number of nitrogens with one attached hydrogen (secondary N) is 1. The molecule has 1 aromatic heterocycles. The molecule has 102 valence electrons. The molecular weight excluding hydrogens is 258 g/mol. The molecule has 4 nitrogen and oxygen atoms in total. The molecule has 1 heterocycles. The Kier molecular flexibility index (Phi) is 3.57. The lowest BCUT2D eigenvalue weighted by atomic mass is 10.2. The van der Waals surface area contributed by atoms with E-state index in [2.05, 4.69) is 10.3 Å². The van der Waals surface area contributed by atoms with Gasteiger partial charge < -0.3 is 15.8 Å². The lowest BCUT2D eigenvalue weighted by Gasteiger charge is -2.09. The Morgan fingerprint density at radius 2 is 2.32 bits per heavy atom. The summed E-state index contributed by atoms with van der Waals surface area (Å²) in [6.07, 6.45) is 2.67. The molecule has 3 rings (SSSR count). The van der Waals surface area contributed by atoms with Crippen molar-refractivity contribution in [2.24, 2.45) is 5.92 Å². The molecule has 0 aliphatic heterocycles. The number of benzene rings is 1. The van der Waals surface area contributed by atoms with E-state index in [-0.39, 0.29) is 0 Å². The molecule has 0 radical (unpaired) electrons. The first-order valence-corrected chi connectivity index (χ1v) is 7.52. The summed E-state index contributed by atoms with van der Waals surface area (Å²) in [5.74, 6) is 0.819. The largest absolute Gasteiger partial charge is 0.397 e. The monoisotopic (exact) mass is 277 g/mol. The molecule has 1 aliphatic carbocycles.